The van der Waals surface area contributed by atoms with Crippen molar-refractivity contribution in [2.45, 2.75) is 26.2 Å². The van der Waals surface area contributed by atoms with E-state index in [9.17, 15) is 4.79 Å². The number of imidazole rings is 1. The molecule has 1 aliphatic rings. The Kier molecular flexibility index (Phi) is 5.39. The van der Waals surface area contributed by atoms with E-state index in [2.05, 4.69) is 11.1 Å². The summed E-state index contributed by atoms with van der Waals surface area (Å²) in [6.45, 7) is 5.95. The highest BCUT2D eigenvalue weighted by atomic mass is 16.2. The zero-order chi connectivity index (χ0) is 21.3. The average Bonchev–Trinajstić information content (AvgIpc) is 3.08. The summed E-state index contributed by atoms with van der Waals surface area (Å²) in [5.74, 6) is 1.23. The molecule has 1 aromatic heterocycles. The molecule has 1 fully saturated rings. The van der Waals surface area contributed by atoms with Gasteiger partial charge in [0.2, 0.25) is 0 Å². The molecule has 30 heavy (non-hydrogen) atoms. The Labute approximate surface area is 176 Å². The number of H-pyrrole nitrogens is 1. The lowest BCUT2D eigenvalue weighted by Crippen LogP contribution is -2.48. The Morgan fingerprint density at radius 3 is 2.63 bits per heavy atom. The van der Waals surface area contributed by atoms with E-state index < -0.39 is 0 Å². The molecule has 1 aliphatic heterocycles. The largest absolute Gasteiger partial charge is 0.346 e. The third kappa shape index (κ3) is 3.72. The van der Waals surface area contributed by atoms with Crippen LogP contribution in [0.4, 0.5) is 0 Å². The summed E-state index contributed by atoms with van der Waals surface area (Å²) in [5, 5.41) is 8.93. The van der Waals surface area contributed by atoms with Crippen molar-refractivity contribution in [1.82, 2.24) is 14.9 Å². The van der Waals surface area contributed by atoms with Crippen LogP contribution in [-0.2, 0) is 6.42 Å². The second kappa shape index (κ2) is 8.13. The van der Waals surface area contributed by atoms with E-state index in [1.807, 2.05) is 61.2 Å². The van der Waals surface area contributed by atoms with Gasteiger partial charge < -0.3 is 15.6 Å². The summed E-state index contributed by atoms with van der Waals surface area (Å²) in [6.07, 6.45) is 0.697. The summed E-state index contributed by atoms with van der Waals surface area (Å²) in [7, 11) is 0. The van der Waals surface area contributed by atoms with E-state index in [0.717, 1.165) is 28.3 Å². The first-order valence-electron chi connectivity index (χ1n) is 10.2. The third-order valence-corrected chi connectivity index (χ3v) is 5.73. The third-order valence-electron chi connectivity index (χ3n) is 5.73. The molecule has 2 heterocycles. The van der Waals surface area contributed by atoms with Crippen molar-refractivity contribution in [3.05, 3.63) is 76.2 Å². The molecule has 0 spiro atoms. The lowest BCUT2D eigenvalue weighted by molar-refractivity contribution is 0.0602. The molecule has 0 atom stereocenters. The minimum absolute atomic E-state index is 0.0384. The van der Waals surface area contributed by atoms with Crippen LogP contribution >= 0.6 is 0 Å². The van der Waals surface area contributed by atoms with Crippen molar-refractivity contribution in [3.63, 3.8) is 0 Å². The quantitative estimate of drug-likeness (QED) is 0.688. The van der Waals surface area contributed by atoms with Gasteiger partial charge in [0, 0.05) is 42.2 Å². The van der Waals surface area contributed by atoms with Crippen molar-refractivity contribution in [2.75, 3.05) is 19.6 Å². The van der Waals surface area contributed by atoms with Gasteiger partial charge in [0.1, 0.15) is 5.82 Å². The van der Waals surface area contributed by atoms with E-state index >= 15 is 0 Å². The predicted octanol–water partition coefficient (Wildman–Crippen LogP) is 3.31. The van der Waals surface area contributed by atoms with Gasteiger partial charge in [-0.05, 0) is 55.8 Å². The molecule has 6 heteroatoms. The number of benzene rings is 2. The Bertz CT molecular complexity index is 1120. The zero-order valence-corrected chi connectivity index (χ0v) is 17.3. The fourth-order valence-corrected chi connectivity index (χ4v) is 3.92. The number of amides is 1. The van der Waals surface area contributed by atoms with Gasteiger partial charge in [-0.15, -0.1) is 0 Å². The number of nitriles is 1. The minimum Gasteiger partial charge on any atom is -0.346 e. The molecule has 3 aromatic rings. The van der Waals surface area contributed by atoms with Crippen LogP contribution in [0.15, 0.2) is 42.5 Å². The summed E-state index contributed by atoms with van der Waals surface area (Å²) in [4.78, 5) is 22.9. The van der Waals surface area contributed by atoms with Crippen molar-refractivity contribution in [2.24, 2.45) is 5.73 Å². The number of rotatable bonds is 5. The van der Waals surface area contributed by atoms with Crippen LogP contribution in [0.5, 0.6) is 0 Å². The standard InChI is InChI=1S/C24H25N5O/c1-15-3-6-19(11-21(15)23-16(2)27-22(28-23)9-10-25)24(30)29-13-20(14-29)18-7-4-17(12-26)5-8-18/h3-8,11,20H,9-10,13-14,25H2,1-2H3,(H,27,28). The fraction of sp³-hybridized carbons (Fsp3) is 0.292. The van der Waals surface area contributed by atoms with Gasteiger partial charge in [-0.1, -0.05) is 18.2 Å². The first-order chi connectivity index (χ1) is 14.5. The molecule has 3 N–H and O–H groups in total. The smallest absolute Gasteiger partial charge is 0.253 e. The maximum absolute atomic E-state index is 13.0. The van der Waals surface area contributed by atoms with Gasteiger partial charge >= 0.3 is 0 Å². The topological polar surface area (TPSA) is 98.8 Å². The summed E-state index contributed by atoms with van der Waals surface area (Å²) in [6, 6.07) is 15.6. The number of hydrogen-bond donors (Lipinski definition) is 2. The molecule has 0 radical (unpaired) electrons. The van der Waals surface area contributed by atoms with Gasteiger partial charge in [0.15, 0.2) is 0 Å². The number of aryl methyl sites for hydroxylation is 2. The second-order valence-corrected chi connectivity index (χ2v) is 7.87. The molecule has 152 valence electrons. The number of aromatic amines is 1. The normalized spacial score (nSPS) is 13.7. The molecular formula is C24H25N5O. The van der Waals surface area contributed by atoms with Crippen LogP contribution < -0.4 is 5.73 Å². The van der Waals surface area contributed by atoms with E-state index in [1.165, 1.54) is 5.56 Å². The lowest BCUT2D eigenvalue weighted by atomic mass is 9.90. The fourth-order valence-electron chi connectivity index (χ4n) is 3.92. The highest BCUT2D eigenvalue weighted by molar-refractivity contribution is 5.96. The molecule has 0 aliphatic carbocycles. The number of carbonyl (C=O) groups is 1. The van der Waals surface area contributed by atoms with Crippen molar-refractivity contribution < 1.29 is 4.79 Å². The van der Waals surface area contributed by atoms with Crippen LogP contribution in [0, 0.1) is 25.2 Å². The van der Waals surface area contributed by atoms with E-state index in [0.29, 0.717) is 43.1 Å². The van der Waals surface area contributed by atoms with Gasteiger partial charge in [-0.2, -0.15) is 5.26 Å². The van der Waals surface area contributed by atoms with Crippen LogP contribution in [0.1, 0.15) is 44.5 Å². The van der Waals surface area contributed by atoms with Crippen LogP contribution in [0.3, 0.4) is 0 Å². The minimum atomic E-state index is 0.0384. The van der Waals surface area contributed by atoms with Crippen molar-refractivity contribution >= 4 is 5.91 Å². The average molecular weight is 399 g/mol. The van der Waals surface area contributed by atoms with E-state index in [4.69, 9.17) is 16.0 Å². The van der Waals surface area contributed by atoms with E-state index in [1.54, 1.807) is 0 Å². The molecule has 4 rings (SSSR count). The monoisotopic (exact) mass is 399 g/mol. The predicted molar refractivity (Wildman–Crippen MR) is 116 cm³/mol. The number of hydrogen-bond acceptors (Lipinski definition) is 4. The van der Waals surface area contributed by atoms with Gasteiger partial charge in [0.25, 0.3) is 5.91 Å². The molecular weight excluding hydrogens is 374 g/mol. The van der Waals surface area contributed by atoms with Gasteiger partial charge in [-0.25, -0.2) is 4.98 Å². The molecule has 0 unspecified atom stereocenters. The summed E-state index contributed by atoms with van der Waals surface area (Å²) < 4.78 is 0. The number of nitrogens with zero attached hydrogens (tertiary/aromatic N) is 3. The Morgan fingerprint density at radius 2 is 1.97 bits per heavy atom. The van der Waals surface area contributed by atoms with Crippen LogP contribution in [0.2, 0.25) is 0 Å². The van der Waals surface area contributed by atoms with Crippen LogP contribution in [0.25, 0.3) is 11.3 Å². The summed E-state index contributed by atoms with van der Waals surface area (Å²) >= 11 is 0. The number of likely N-dealkylation sites (tertiary alicyclic amines) is 1. The molecule has 2 aromatic carbocycles. The summed E-state index contributed by atoms with van der Waals surface area (Å²) in [5.41, 5.74) is 12.1. The lowest BCUT2D eigenvalue weighted by Gasteiger charge is -2.39. The molecule has 1 amide bonds. The number of nitrogens with two attached hydrogens (primary N) is 1. The highest BCUT2D eigenvalue weighted by Crippen LogP contribution is 2.31. The number of nitrogens with one attached hydrogen (secondary N) is 1. The Hall–Kier alpha value is -3.43. The van der Waals surface area contributed by atoms with Crippen LogP contribution in [-0.4, -0.2) is 40.4 Å². The van der Waals surface area contributed by atoms with Gasteiger partial charge in [-0.3, -0.25) is 4.79 Å². The first kappa shape index (κ1) is 19.9. The first-order valence-corrected chi connectivity index (χ1v) is 10.2. The van der Waals surface area contributed by atoms with E-state index in [-0.39, 0.29) is 5.91 Å². The maximum atomic E-state index is 13.0. The number of aromatic nitrogens is 2. The molecule has 0 saturated carbocycles. The Balaban J connectivity index is 1.50. The number of carbonyl (C=O) groups excluding carboxylic acids is 1. The second-order valence-electron chi connectivity index (χ2n) is 7.87. The maximum Gasteiger partial charge on any atom is 0.253 e. The van der Waals surface area contributed by atoms with Gasteiger partial charge in [0.05, 0.1) is 17.3 Å². The highest BCUT2D eigenvalue weighted by Gasteiger charge is 2.32. The molecule has 6 nitrogen and oxygen atoms in total. The molecule has 1 saturated heterocycles. The Morgan fingerprint density at radius 1 is 1.23 bits per heavy atom. The molecule has 0 bridgehead atoms. The SMILES string of the molecule is Cc1ccc(C(=O)N2CC(c3ccc(C#N)cc3)C2)cc1-c1nc(CCN)[nH]c1C. The van der Waals surface area contributed by atoms with Crippen molar-refractivity contribution in [3.8, 4) is 17.3 Å². The zero-order valence-electron chi connectivity index (χ0n) is 17.3. The van der Waals surface area contributed by atoms with Crippen molar-refractivity contribution in [1.29, 1.82) is 5.26 Å².